The molecule has 0 aliphatic carbocycles. The Morgan fingerprint density at radius 1 is 1.29 bits per heavy atom. The third-order valence-corrected chi connectivity index (χ3v) is 3.05. The molecular weight excluding hydrogens is 274 g/mol. The average Bonchev–Trinajstić information content (AvgIpc) is 2.91. The monoisotopic (exact) mass is 289 g/mol. The van der Waals surface area contributed by atoms with E-state index in [4.69, 9.17) is 0 Å². The second-order valence-corrected chi connectivity index (χ2v) is 4.73. The number of H-pyrrole nitrogens is 1. The number of imidazole rings is 1. The highest BCUT2D eigenvalue weighted by Gasteiger charge is 2.26. The third-order valence-electron chi connectivity index (χ3n) is 3.05. The zero-order valence-electron chi connectivity index (χ0n) is 11.5. The van der Waals surface area contributed by atoms with Gasteiger partial charge in [-0.15, -0.1) is 0 Å². The summed E-state index contributed by atoms with van der Waals surface area (Å²) < 4.78 is 0. The molecule has 2 amide bonds. The lowest BCUT2D eigenvalue weighted by Gasteiger charge is -2.26. The second-order valence-electron chi connectivity index (χ2n) is 4.73. The lowest BCUT2D eigenvalue weighted by atomic mass is 10.3. The van der Waals surface area contributed by atoms with Crippen LogP contribution in [0.15, 0.2) is 6.33 Å². The predicted molar refractivity (Wildman–Crippen MR) is 75.8 cm³/mol. The van der Waals surface area contributed by atoms with E-state index in [9.17, 15) is 9.59 Å². The zero-order valence-corrected chi connectivity index (χ0v) is 11.5. The fourth-order valence-corrected chi connectivity index (χ4v) is 2.15. The van der Waals surface area contributed by atoms with Crippen LogP contribution < -0.4 is 15.5 Å². The first-order valence-electron chi connectivity index (χ1n) is 6.70. The molecule has 3 N–H and O–H groups in total. The average molecular weight is 289 g/mol. The van der Waals surface area contributed by atoms with E-state index in [-0.39, 0.29) is 24.9 Å². The minimum atomic E-state index is -0.347. The highest BCUT2D eigenvalue weighted by atomic mass is 16.2. The Bertz CT molecular complexity index is 680. The number of hydrogen-bond donors (Lipinski definition) is 3. The summed E-state index contributed by atoms with van der Waals surface area (Å²) in [7, 11) is 0. The molecule has 2 aromatic rings. The minimum Gasteiger partial charge on any atom is -0.354 e. The molecule has 3 heterocycles. The highest BCUT2D eigenvalue weighted by Crippen LogP contribution is 2.23. The summed E-state index contributed by atoms with van der Waals surface area (Å²) >= 11 is 0. The Hall–Kier alpha value is -2.71. The third kappa shape index (κ3) is 2.62. The number of amides is 2. The number of aromatic nitrogens is 4. The minimum absolute atomic E-state index is 0.0735. The number of nitrogens with one attached hydrogen (secondary N) is 3. The first-order chi connectivity index (χ1) is 10.2. The maximum absolute atomic E-state index is 11.5. The van der Waals surface area contributed by atoms with Crippen molar-refractivity contribution in [3.05, 3.63) is 6.33 Å². The smallest absolute Gasteiger partial charge is 0.246 e. The van der Waals surface area contributed by atoms with E-state index in [1.807, 2.05) is 6.92 Å². The van der Waals surface area contributed by atoms with Gasteiger partial charge in [0.25, 0.3) is 0 Å². The normalized spacial score (nSPS) is 15.4. The predicted octanol–water partition coefficient (Wildman–Crippen LogP) is -0.362. The molecule has 9 heteroatoms. The topological polar surface area (TPSA) is 116 Å². The Labute approximate surface area is 120 Å². The van der Waals surface area contributed by atoms with E-state index in [0.717, 1.165) is 13.0 Å². The van der Waals surface area contributed by atoms with Crippen LogP contribution in [0.3, 0.4) is 0 Å². The zero-order chi connectivity index (χ0) is 14.8. The first kappa shape index (κ1) is 13.3. The number of piperazine rings is 1. The number of carbonyl (C=O) groups is 2. The number of rotatable bonds is 4. The number of nitrogens with zero attached hydrogens (tertiary/aromatic N) is 4. The van der Waals surface area contributed by atoms with Crippen molar-refractivity contribution in [3.8, 4) is 0 Å². The molecule has 0 radical (unpaired) electrons. The van der Waals surface area contributed by atoms with E-state index in [0.29, 0.717) is 22.9 Å². The van der Waals surface area contributed by atoms with E-state index in [1.54, 1.807) is 4.90 Å². The van der Waals surface area contributed by atoms with Gasteiger partial charge in [-0.1, -0.05) is 6.92 Å². The van der Waals surface area contributed by atoms with Crippen molar-refractivity contribution >= 4 is 34.7 Å². The van der Waals surface area contributed by atoms with Gasteiger partial charge in [0.1, 0.15) is 5.52 Å². The fourth-order valence-electron chi connectivity index (χ4n) is 2.15. The molecular formula is C12H15N7O2. The molecule has 0 atom stereocenters. The van der Waals surface area contributed by atoms with Crippen molar-refractivity contribution in [1.29, 1.82) is 0 Å². The van der Waals surface area contributed by atoms with Gasteiger partial charge in [0.15, 0.2) is 11.5 Å². The summed E-state index contributed by atoms with van der Waals surface area (Å²) in [5, 5.41) is 5.36. The number of imide groups is 1. The van der Waals surface area contributed by atoms with Crippen LogP contribution in [0.25, 0.3) is 11.2 Å². The Kier molecular flexibility index (Phi) is 3.38. The van der Waals surface area contributed by atoms with Gasteiger partial charge in [0, 0.05) is 6.54 Å². The molecule has 1 aliphatic heterocycles. The molecule has 3 rings (SSSR count). The van der Waals surface area contributed by atoms with Gasteiger partial charge in [-0.25, -0.2) is 4.98 Å². The number of anilines is 2. The molecule has 21 heavy (non-hydrogen) atoms. The van der Waals surface area contributed by atoms with Crippen LogP contribution in [-0.2, 0) is 9.59 Å². The molecule has 2 aromatic heterocycles. The summed E-state index contributed by atoms with van der Waals surface area (Å²) in [5.41, 5.74) is 1.11. The fraction of sp³-hybridized carbons (Fsp3) is 0.417. The lowest BCUT2D eigenvalue weighted by Crippen LogP contribution is -2.51. The molecule has 0 spiro atoms. The number of carbonyl (C=O) groups excluding carboxylic acids is 2. The van der Waals surface area contributed by atoms with Gasteiger partial charge in [0.05, 0.1) is 19.4 Å². The molecule has 0 saturated carbocycles. The van der Waals surface area contributed by atoms with Crippen LogP contribution in [0.4, 0.5) is 11.8 Å². The summed E-state index contributed by atoms with van der Waals surface area (Å²) in [6.07, 6.45) is 2.44. The number of hydrogen-bond acceptors (Lipinski definition) is 7. The summed E-state index contributed by atoms with van der Waals surface area (Å²) in [6.45, 7) is 2.91. The van der Waals surface area contributed by atoms with Gasteiger partial charge in [-0.05, 0) is 6.42 Å². The van der Waals surface area contributed by atoms with Crippen molar-refractivity contribution in [2.45, 2.75) is 13.3 Å². The standard InChI is InChI=1S/C12H15N7O2/c1-2-3-13-12-17-10-9(14-6-15-10)11(18-12)19-4-7(20)16-8(21)5-19/h6H,2-5H2,1H3,(H,16,20,21)(H2,13,14,15,17,18). The maximum atomic E-state index is 11.5. The molecule has 110 valence electrons. The van der Waals surface area contributed by atoms with Crippen LogP contribution in [0.2, 0.25) is 0 Å². The van der Waals surface area contributed by atoms with Crippen molar-refractivity contribution < 1.29 is 9.59 Å². The summed E-state index contributed by atoms with van der Waals surface area (Å²) in [6, 6.07) is 0. The first-order valence-corrected chi connectivity index (χ1v) is 6.70. The van der Waals surface area contributed by atoms with Gasteiger partial charge in [0.2, 0.25) is 17.8 Å². The Morgan fingerprint density at radius 2 is 2.05 bits per heavy atom. The van der Waals surface area contributed by atoms with Gasteiger partial charge >= 0.3 is 0 Å². The number of fused-ring (bicyclic) bond motifs is 1. The van der Waals surface area contributed by atoms with E-state index < -0.39 is 0 Å². The Morgan fingerprint density at radius 3 is 2.76 bits per heavy atom. The van der Waals surface area contributed by atoms with E-state index in [1.165, 1.54) is 6.33 Å². The second kappa shape index (κ2) is 5.35. The molecule has 1 fully saturated rings. The van der Waals surface area contributed by atoms with E-state index in [2.05, 4.69) is 30.6 Å². The maximum Gasteiger partial charge on any atom is 0.246 e. The van der Waals surface area contributed by atoms with Crippen molar-refractivity contribution in [2.24, 2.45) is 0 Å². The van der Waals surface area contributed by atoms with Crippen LogP contribution in [0.5, 0.6) is 0 Å². The van der Waals surface area contributed by atoms with Gasteiger partial charge in [-0.3, -0.25) is 14.9 Å². The molecule has 0 aromatic carbocycles. The quantitative estimate of drug-likeness (QED) is 0.658. The molecule has 9 nitrogen and oxygen atoms in total. The largest absolute Gasteiger partial charge is 0.354 e. The highest BCUT2D eigenvalue weighted by molar-refractivity contribution is 6.03. The van der Waals surface area contributed by atoms with Crippen LogP contribution in [0, 0.1) is 0 Å². The van der Waals surface area contributed by atoms with E-state index >= 15 is 0 Å². The summed E-state index contributed by atoms with van der Waals surface area (Å²) in [5.74, 6) is 0.241. The van der Waals surface area contributed by atoms with Gasteiger partial charge < -0.3 is 15.2 Å². The molecule has 0 bridgehead atoms. The molecule has 1 aliphatic rings. The molecule has 1 saturated heterocycles. The van der Waals surface area contributed by atoms with Crippen LogP contribution in [0.1, 0.15) is 13.3 Å². The van der Waals surface area contributed by atoms with Crippen LogP contribution in [-0.4, -0.2) is 51.4 Å². The SMILES string of the molecule is CCCNc1nc(N2CC(=O)NC(=O)C2)c2[nH]cnc2n1. The molecule has 0 unspecified atom stereocenters. The Balaban J connectivity index is 2.00. The van der Waals surface area contributed by atoms with Gasteiger partial charge in [-0.2, -0.15) is 9.97 Å². The van der Waals surface area contributed by atoms with Crippen molar-refractivity contribution in [2.75, 3.05) is 29.9 Å². The van der Waals surface area contributed by atoms with Crippen molar-refractivity contribution in [1.82, 2.24) is 25.3 Å². The summed E-state index contributed by atoms with van der Waals surface area (Å²) in [4.78, 5) is 40.4. The number of aromatic amines is 1. The van der Waals surface area contributed by atoms with Crippen molar-refractivity contribution in [3.63, 3.8) is 0 Å². The lowest BCUT2D eigenvalue weighted by molar-refractivity contribution is -0.130. The van der Waals surface area contributed by atoms with Crippen LogP contribution >= 0.6 is 0 Å².